The second kappa shape index (κ2) is 7.25. The van der Waals surface area contributed by atoms with E-state index >= 15 is 0 Å². The summed E-state index contributed by atoms with van der Waals surface area (Å²) in [4.78, 5) is 11.8. The molecule has 0 saturated carbocycles. The molecule has 1 aliphatic rings. The number of carbonyl (C=O) groups excluding carboxylic acids is 1. The minimum atomic E-state index is -0.504. The highest BCUT2D eigenvalue weighted by atomic mass is 16.6. The third-order valence-corrected chi connectivity index (χ3v) is 4.06. The second-order valence-electron chi connectivity index (χ2n) is 7.29. The summed E-state index contributed by atoms with van der Waals surface area (Å²) in [6.45, 7) is 5.53. The Bertz CT molecular complexity index is 708. The van der Waals surface area contributed by atoms with Gasteiger partial charge in [0, 0.05) is 17.8 Å². The van der Waals surface area contributed by atoms with E-state index in [9.17, 15) is 4.79 Å². The molecule has 1 fully saturated rings. The molecule has 0 bridgehead atoms. The van der Waals surface area contributed by atoms with E-state index in [0.29, 0.717) is 6.04 Å². The fourth-order valence-electron chi connectivity index (χ4n) is 2.90. The van der Waals surface area contributed by atoms with Gasteiger partial charge in [-0.25, -0.2) is 15.6 Å². The van der Waals surface area contributed by atoms with Crippen molar-refractivity contribution in [3.05, 3.63) is 65.7 Å². The second-order valence-corrected chi connectivity index (χ2v) is 7.29. The van der Waals surface area contributed by atoms with Crippen LogP contribution in [0.15, 0.2) is 54.6 Å². The molecule has 1 aliphatic heterocycles. The van der Waals surface area contributed by atoms with E-state index in [2.05, 4.69) is 40.4 Å². The predicted octanol–water partition coefficient (Wildman–Crippen LogP) is 4.31. The van der Waals surface area contributed by atoms with E-state index in [4.69, 9.17) is 4.74 Å². The minimum Gasteiger partial charge on any atom is -0.444 e. The van der Waals surface area contributed by atoms with E-state index in [-0.39, 0.29) is 6.04 Å². The first-order chi connectivity index (χ1) is 11.9. The van der Waals surface area contributed by atoms with Gasteiger partial charge in [0.25, 0.3) is 0 Å². The fraction of sp³-hybridized carbons (Fsp3) is 0.350. The van der Waals surface area contributed by atoms with Crippen molar-refractivity contribution < 1.29 is 9.53 Å². The van der Waals surface area contributed by atoms with Crippen LogP contribution in [0.5, 0.6) is 0 Å². The molecule has 2 aromatic rings. The Morgan fingerprint density at radius 1 is 0.960 bits per heavy atom. The largest absolute Gasteiger partial charge is 0.444 e. The van der Waals surface area contributed by atoms with Crippen molar-refractivity contribution >= 4 is 11.8 Å². The maximum absolute atomic E-state index is 11.8. The smallest absolute Gasteiger partial charge is 0.412 e. The minimum absolute atomic E-state index is 0.237. The molecule has 1 heterocycles. The molecule has 5 heteroatoms. The summed E-state index contributed by atoms with van der Waals surface area (Å²) in [5, 5.41) is 2.75. The summed E-state index contributed by atoms with van der Waals surface area (Å²) in [6.07, 6.45) is 0.535. The zero-order chi connectivity index (χ0) is 17.9. The molecule has 0 spiro atoms. The van der Waals surface area contributed by atoms with Crippen LogP contribution in [-0.4, -0.2) is 11.7 Å². The lowest BCUT2D eigenvalue weighted by Crippen LogP contribution is -2.27. The quantitative estimate of drug-likeness (QED) is 0.779. The van der Waals surface area contributed by atoms with Crippen molar-refractivity contribution in [2.45, 2.75) is 44.9 Å². The van der Waals surface area contributed by atoms with Crippen molar-refractivity contribution in [2.24, 2.45) is 0 Å². The first-order valence-corrected chi connectivity index (χ1v) is 8.57. The number of amides is 1. The molecule has 2 aromatic carbocycles. The van der Waals surface area contributed by atoms with E-state index in [0.717, 1.165) is 12.1 Å². The SMILES string of the molecule is CC(C)(C)OC(=O)Nc1ccc(C2CC(c3ccccc3)NN2)cc1. The number of hydrogen-bond donors (Lipinski definition) is 3. The summed E-state index contributed by atoms with van der Waals surface area (Å²) in [7, 11) is 0. The van der Waals surface area contributed by atoms with Gasteiger partial charge < -0.3 is 4.74 Å². The Hall–Kier alpha value is -2.37. The summed E-state index contributed by atoms with van der Waals surface area (Å²) in [6, 6.07) is 18.8. The number of carbonyl (C=O) groups is 1. The monoisotopic (exact) mass is 339 g/mol. The molecule has 0 aromatic heterocycles. The predicted molar refractivity (Wildman–Crippen MR) is 99.1 cm³/mol. The number of hydrogen-bond acceptors (Lipinski definition) is 4. The Morgan fingerprint density at radius 3 is 2.08 bits per heavy atom. The van der Waals surface area contributed by atoms with E-state index in [1.54, 1.807) is 0 Å². The average molecular weight is 339 g/mol. The maximum Gasteiger partial charge on any atom is 0.412 e. The molecule has 25 heavy (non-hydrogen) atoms. The van der Waals surface area contributed by atoms with Gasteiger partial charge in [-0.05, 0) is 50.5 Å². The first-order valence-electron chi connectivity index (χ1n) is 8.57. The lowest BCUT2D eigenvalue weighted by molar-refractivity contribution is 0.0636. The first kappa shape index (κ1) is 17.5. The summed E-state index contributed by atoms with van der Waals surface area (Å²) < 4.78 is 5.26. The molecule has 0 aliphatic carbocycles. The van der Waals surface area contributed by atoms with Gasteiger partial charge in [-0.3, -0.25) is 5.32 Å². The van der Waals surface area contributed by atoms with Crippen LogP contribution in [0.2, 0.25) is 0 Å². The Labute approximate surface area is 148 Å². The van der Waals surface area contributed by atoms with Crippen LogP contribution in [0.25, 0.3) is 0 Å². The van der Waals surface area contributed by atoms with Crippen LogP contribution in [0.4, 0.5) is 10.5 Å². The van der Waals surface area contributed by atoms with Gasteiger partial charge in [-0.1, -0.05) is 42.5 Å². The Balaban J connectivity index is 1.59. The van der Waals surface area contributed by atoms with Crippen LogP contribution in [0, 0.1) is 0 Å². The summed E-state index contributed by atoms with van der Waals surface area (Å²) in [5.41, 5.74) is 9.39. The molecule has 3 rings (SSSR count). The van der Waals surface area contributed by atoms with Gasteiger partial charge in [0.2, 0.25) is 0 Å². The van der Waals surface area contributed by atoms with Crippen molar-refractivity contribution in [1.29, 1.82) is 0 Å². The van der Waals surface area contributed by atoms with Crippen molar-refractivity contribution in [2.75, 3.05) is 5.32 Å². The molecular formula is C20H25N3O2. The zero-order valence-corrected chi connectivity index (χ0v) is 14.9. The number of benzene rings is 2. The highest BCUT2D eigenvalue weighted by molar-refractivity contribution is 5.84. The molecule has 2 unspecified atom stereocenters. The fourth-order valence-corrected chi connectivity index (χ4v) is 2.90. The van der Waals surface area contributed by atoms with Crippen LogP contribution < -0.4 is 16.2 Å². The Morgan fingerprint density at radius 2 is 1.52 bits per heavy atom. The van der Waals surface area contributed by atoms with Crippen LogP contribution in [0.3, 0.4) is 0 Å². The number of anilines is 1. The molecule has 0 radical (unpaired) electrons. The van der Waals surface area contributed by atoms with Crippen molar-refractivity contribution in [3.8, 4) is 0 Å². The summed E-state index contributed by atoms with van der Waals surface area (Å²) in [5.74, 6) is 0. The molecule has 132 valence electrons. The molecule has 5 nitrogen and oxygen atoms in total. The van der Waals surface area contributed by atoms with E-state index in [1.807, 2.05) is 51.1 Å². The highest BCUT2D eigenvalue weighted by Gasteiger charge is 2.26. The van der Waals surface area contributed by atoms with Crippen LogP contribution in [-0.2, 0) is 4.74 Å². The maximum atomic E-state index is 11.8. The van der Waals surface area contributed by atoms with E-state index < -0.39 is 11.7 Å². The third-order valence-electron chi connectivity index (χ3n) is 4.06. The lowest BCUT2D eigenvalue weighted by atomic mass is 9.98. The van der Waals surface area contributed by atoms with Gasteiger partial charge in [-0.15, -0.1) is 0 Å². The van der Waals surface area contributed by atoms with Gasteiger partial charge >= 0.3 is 6.09 Å². The number of rotatable bonds is 3. The highest BCUT2D eigenvalue weighted by Crippen LogP contribution is 2.31. The average Bonchev–Trinajstić information content (AvgIpc) is 3.04. The van der Waals surface area contributed by atoms with Crippen molar-refractivity contribution in [3.63, 3.8) is 0 Å². The number of hydrazine groups is 1. The Kier molecular flexibility index (Phi) is 5.06. The molecule has 1 saturated heterocycles. The molecule has 1 amide bonds. The van der Waals surface area contributed by atoms with Gasteiger partial charge in [0.15, 0.2) is 0 Å². The van der Waals surface area contributed by atoms with Crippen LogP contribution >= 0.6 is 0 Å². The topological polar surface area (TPSA) is 62.4 Å². The molecular weight excluding hydrogens is 314 g/mol. The van der Waals surface area contributed by atoms with Gasteiger partial charge in [0.1, 0.15) is 5.60 Å². The third kappa shape index (κ3) is 4.81. The van der Waals surface area contributed by atoms with Gasteiger partial charge in [-0.2, -0.15) is 0 Å². The van der Waals surface area contributed by atoms with Crippen LogP contribution in [0.1, 0.15) is 50.4 Å². The normalized spacial score (nSPS) is 20.3. The lowest BCUT2D eigenvalue weighted by Gasteiger charge is -2.19. The summed E-state index contributed by atoms with van der Waals surface area (Å²) >= 11 is 0. The van der Waals surface area contributed by atoms with Gasteiger partial charge in [0.05, 0.1) is 0 Å². The van der Waals surface area contributed by atoms with Crippen molar-refractivity contribution in [1.82, 2.24) is 10.9 Å². The molecule has 3 N–H and O–H groups in total. The standard InChI is InChI=1S/C20H25N3O2/c1-20(2,3)25-19(24)21-16-11-9-15(10-12-16)18-13-17(22-23-18)14-7-5-4-6-8-14/h4-12,17-18,22-23H,13H2,1-3H3,(H,21,24). The zero-order valence-electron chi connectivity index (χ0n) is 14.9. The molecule has 2 atom stereocenters. The number of nitrogens with one attached hydrogen (secondary N) is 3. The number of ether oxygens (including phenoxy) is 1. The van der Waals surface area contributed by atoms with E-state index in [1.165, 1.54) is 11.1 Å².